The number of amides is 1. The average Bonchev–Trinajstić information content (AvgIpc) is 2.09. The Bertz CT molecular complexity index is 260. The highest BCUT2D eigenvalue weighted by atomic mass is 16.6. The van der Waals surface area contributed by atoms with Crippen molar-refractivity contribution in [2.75, 3.05) is 13.1 Å². The molecule has 0 aromatic heterocycles. The Morgan fingerprint density at radius 1 is 1.53 bits per heavy atom. The van der Waals surface area contributed by atoms with Crippen LogP contribution in [0.15, 0.2) is 0 Å². The molecule has 0 radical (unpaired) electrons. The van der Waals surface area contributed by atoms with E-state index >= 15 is 0 Å². The second kappa shape index (κ2) is 6.07. The second-order valence-corrected chi connectivity index (χ2v) is 4.05. The van der Waals surface area contributed by atoms with E-state index < -0.39 is 11.7 Å². The number of hydrogen-bond acceptors (Lipinski definition) is 3. The summed E-state index contributed by atoms with van der Waals surface area (Å²) in [6, 6.07) is 0. The molecule has 15 heavy (non-hydrogen) atoms. The summed E-state index contributed by atoms with van der Waals surface area (Å²) in [5, 5.41) is 0. The Morgan fingerprint density at radius 2 is 2.13 bits per heavy atom. The molecule has 4 heteroatoms. The summed E-state index contributed by atoms with van der Waals surface area (Å²) < 4.78 is 5.11. The minimum Gasteiger partial charge on any atom is -0.444 e. The Hall–Kier alpha value is -1.50. The van der Waals surface area contributed by atoms with Crippen LogP contribution in [0.5, 0.6) is 0 Å². The predicted molar refractivity (Wildman–Crippen MR) is 57.3 cm³/mol. The standard InChI is InChI=1S/C11H17NO3/c1-5-6-7-12(8-9-13)10(14)15-11(2,3)4/h1,9H,6-8H2,2-4H3. The summed E-state index contributed by atoms with van der Waals surface area (Å²) in [6.45, 7) is 5.66. The van der Waals surface area contributed by atoms with Gasteiger partial charge in [-0.3, -0.25) is 0 Å². The van der Waals surface area contributed by atoms with Crippen LogP contribution in [0.4, 0.5) is 4.79 Å². The normalized spacial score (nSPS) is 10.3. The maximum absolute atomic E-state index is 11.5. The number of aldehydes is 1. The van der Waals surface area contributed by atoms with Gasteiger partial charge in [0, 0.05) is 13.0 Å². The van der Waals surface area contributed by atoms with Crippen LogP contribution in [0.3, 0.4) is 0 Å². The molecule has 1 amide bonds. The van der Waals surface area contributed by atoms with E-state index in [1.54, 1.807) is 20.8 Å². The van der Waals surface area contributed by atoms with Crippen LogP contribution in [-0.4, -0.2) is 36.0 Å². The number of ether oxygens (including phenoxy) is 1. The Labute approximate surface area is 90.6 Å². The number of hydrogen-bond donors (Lipinski definition) is 0. The first-order valence-electron chi connectivity index (χ1n) is 4.75. The van der Waals surface area contributed by atoms with E-state index in [9.17, 15) is 9.59 Å². The molecule has 0 spiro atoms. The number of terminal acetylenes is 1. The fraction of sp³-hybridized carbons (Fsp3) is 0.636. The van der Waals surface area contributed by atoms with Gasteiger partial charge in [0.1, 0.15) is 11.9 Å². The van der Waals surface area contributed by atoms with E-state index in [-0.39, 0.29) is 6.54 Å². The van der Waals surface area contributed by atoms with Crippen molar-refractivity contribution in [3.63, 3.8) is 0 Å². The lowest BCUT2D eigenvalue weighted by atomic mass is 10.2. The average molecular weight is 211 g/mol. The predicted octanol–water partition coefficient (Wildman–Crippen LogP) is 1.45. The van der Waals surface area contributed by atoms with Crippen LogP contribution in [0, 0.1) is 12.3 Å². The smallest absolute Gasteiger partial charge is 0.410 e. The molecule has 0 aliphatic carbocycles. The molecular weight excluding hydrogens is 194 g/mol. The molecule has 0 rings (SSSR count). The number of carbonyl (C=O) groups excluding carboxylic acids is 2. The molecule has 0 fully saturated rings. The first kappa shape index (κ1) is 13.5. The van der Waals surface area contributed by atoms with Gasteiger partial charge in [0.05, 0.1) is 6.54 Å². The van der Waals surface area contributed by atoms with Gasteiger partial charge in [-0.2, -0.15) is 0 Å². The monoisotopic (exact) mass is 211 g/mol. The van der Waals surface area contributed by atoms with Gasteiger partial charge in [-0.15, -0.1) is 12.3 Å². The molecule has 0 aliphatic rings. The maximum Gasteiger partial charge on any atom is 0.410 e. The van der Waals surface area contributed by atoms with Gasteiger partial charge in [0.2, 0.25) is 0 Å². The number of nitrogens with zero attached hydrogens (tertiary/aromatic N) is 1. The van der Waals surface area contributed by atoms with Crippen molar-refractivity contribution in [3.05, 3.63) is 0 Å². The Kier molecular flexibility index (Phi) is 5.46. The molecule has 0 aromatic carbocycles. The van der Waals surface area contributed by atoms with Crippen molar-refractivity contribution in [1.82, 2.24) is 4.90 Å². The lowest BCUT2D eigenvalue weighted by molar-refractivity contribution is -0.109. The molecule has 0 aliphatic heterocycles. The fourth-order valence-corrected chi connectivity index (χ4v) is 0.873. The third kappa shape index (κ3) is 6.55. The molecular formula is C11H17NO3. The van der Waals surface area contributed by atoms with Gasteiger partial charge >= 0.3 is 6.09 Å². The SMILES string of the molecule is C#CCCN(CC=O)C(=O)OC(C)(C)C. The van der Waals surface area contributed by atoms with Crippen molar-refractivity contribution < 1.29 is 14.3 Å². The van der Waals surface area contributed by atoms with Crippen LogP contribution < -0.4 is 0 Å². The van der Waals surface area contributed by atoms with E-state index in [4.69, 9.17) is 11.2 Å². The highest BCUT2D eigenvalue weighted by Gasteiger charge is 2.21. The quantitative estimate of drug-likeness (QED) is 0.522. The molecule has 0 unspecified atom stereocenters. The summed E-state index contributed by atoms with van der Waals surface area (Å²) in [7, 11) is 0. The van der Waals surface area contributed by atoms with E-state index in [1.165, 1.54) is 4.90 Å². The summed E-state index contributed by atoms with van der Waals surface area (Å²) in [5.41, 5.74) is -0.561. The summed E-state index contributed by atoms with van der Waals surface area (Å²) in [6.07, 6.45) is 5.64. The van der Waals surface area contributed by atoms with Gasteiger partial charge in [0.15, 0.2) is 0 Å². The molecule has 0 bridgehead atoms. The first-order chi connectivity index (χ1) is 6.90. The van der Waals surface area contributed by atoms with Crippen LogP contribution in [-0.2, 0) is 9.53 Å². The molecule has 0 aromatic rings. The second-order valence-electron chi connectivity index (χ2n) is 4.05. The number of rotatable bonds is 4. The van der Waals surface area contributed by atoms with Crippen LogP contribution in [0.1, 0.15) is 27.2 Å². The zero-order valence-electron chi connectivity index (χ0n) is 9.45. The molecule has 84 valence electrons. The summed E-state index contributed by atoms with van der Waals surface area (Å²) >= 11 is 0. The lowest BCUT2D eigenvalue weighted by Crippen LogP contribution is -2.38. The van der Waals surface area contributed by atoms with E-state index in [2.05, 4.69) is 5.92 Å². The van der Waals surface area contributed by atoms with E-state index in [1.807, 2.05) is 0 Å². The summed E-state index contributed by atoms with van der Waals surface area (Å²) in [5.74, 6) is 2.41. The van der Waals surface area contributed by atoms with E-state index in [0.29, 0.717) is 19.3 Å². The fourth-order valence-electron chi connectivity index (χ4n) is 0.873. The van der Waals surface area contributed by atoms with E-state index in [0.717, 1.165) is 0 Å². The minimum absolute atomic E-state index is 0.0105. The molecule has 0 saturated carbocycles. The molecule has 0 saturated heterocycles. The highest BCUT2D eigenvalue weighted by molar-refractivity contribution is 5.71. The highest BCUT2D eigenvalue weighted by Crippen LogP contribution is 2.09. The Morgan fingerprint density at radius 3 is 2.53 bits per heavy atom. The third-order valence-electron chi connectivity index (χ3n) is 1.47. The number of carbonyl (C=O) groups is 2. The van der Waals surface area contributed by atoms with Gasteiger partial charge in [-0.25, -0.2) is 4.79 Å². The van der Waals surface area contributed by atoms with Crippen molar-refractivity contribution in [1.29, 1.82) is 0 Å². The van der Waals surface area contributed by atoms with Crippen LogP contribution in [0.2, 0.25) is 0 Å². The van der Waals surface area contributed by atoms with Crippen LogP contribution >= 0.6 is 0 Å². The van der Waals surface area contributed by atoms with Gasteiger partial charge in [0.25, 0.3) is 0 Å². The first-order valence-corrected chi connectivity index (χ1v) is 4.75. The van der Waals surface area contributed by atoms with Crippen LogP contribution in [0.25, 0.3) is 0 Å². The topological polar surface area (TPSA) is 46.6 Å². The zero-order valence-corrected chi connectivity index (χ0v) is 9.45. The van der Waals surface area contributed by atoms with Gasteiger partial charge < -0.3 is 14.4 Å². The molecule has 4 nitrogen and oxygen atoms in total. The van der Waals surface area contributed by atoms with Gasteiger partial charge in [-0.05, 0) is 20.8 Å². The van der Waals surface area contributed by atoms with Crippen molar-refractivity contribution >= 4 is 12.4 Å². The van der Waals surface area contributed by atoms with Gasteiger partial charge in [-0.1, -0.05) is 0 Å². The van der Waals surface area contributed by atoms with Crippen molar-refractivity contribution in [2.45, 2.75) is 32.8 Å². The van der Waals surface area contributed by atoms with Crippen molar-refractivity contribution in [3.8, 4) is 12.3 Å². The largest absolute Gasteiger partial charge is 0.444 e. The maximum atomic E-state index is 11.5. The summed E-state index contributed by atoms with van der Waals surface area (Å²) in [4.78, 5) is 23.2. The Balaban J connectivity index is 4.29. The van der Waals surface area contributed by atoms with Crippen molar-refractivity contribution in [2.24, 2.45) is 0 Å². The lowest BCUT2D eigenvalue weighted by Gasteiger charge is -2.25. The molecule has 0 N–H and O–H groups in total. The zero-order chi connectivity index (χ0) is 11.9. The molecule has 0 atom stereocenters. The minimum atomic E-state index is -0.561. The third-order valence-corrected chi connectivity index (χ3v) is 1.47. The molecule has 0 heterocycles.